The number of hydrogen-bond donors (Lipinski definition) is 0. The third-order valence-corrected chi connectivity index (χ3v) is 6.85. The fraction of sp³-hybridized carbons (Fsp3) is 0.257. The van der Waals surface area contributed by atoms with Crippen molar-refractivity contribution in [3.05, 3.63) is 156 Å². The van der Waals surface area contributed by atoms with Crippen molar-refractivity contribution in [3.63, 3.8) is 0 Å². The molecule has 3 unspecified atom stereocenters. The van der Waals surface area contributed by atoms with Gasteiger partial charge in [-0.1, -0.05) is 128 Å². The van der Waals surface area contributed by atoms with Crippen LogP contribution in [0.1, 0.15) is 22.3 Å². The summed E-state index contributed by atoms with van der Waals surface area (Å²) in [5, 5.41) is 0. The van der Waals surface area contributed by atoms with Crippen LogP contribution in [0.5, 0.6) is 0 Å². The van der Waals surface area contributed by atoms with E-state index in [9.17, 15) is 0 Å². The SMILES string of the molecule is C=C1OC(COCc2ccccc2)[C@@H](OCc2ccccc2)C(OCc2ccccc2)C1OCc1ccccc1. The fourth-order valence-corrected chi connectivity index (χ4v) is 4.76. The maximum Gasteiger partial charge on any atom is 0.150 e. The van der Waals surface area contributed by atoms with E-state index in [0.29, 0.717) is 38.8 Å². The topological polar surface area (TPSA) is 46.2 Å². The summed E-state index contributed by atoms with van der Waals surface area (Å²) in [7, 11) is 0. The molecule has 4 aromatic rings. The highest BCUT2D eigenvalue weighted by atomic mass is 16.6. The summed E-state index contributed by atoms with van der Waals surface area (Å²) in [4.78, 5) is 0. The van der Waals surface area contributed by atoms with Gasteiger partial charge in [0.1, 0.15) is 24.1 Å². The van der Waals surface area contributed by atoms with Gasteiger partial charge in [0.15, 0.2) is 6.10 Å². The molecule has 206 valence electrons. The van der Waals surface area contributed by atoms with E-state index in [4.69, 9.17) is 23.7 Å². The minimum Gasteiger partial charge on any atom is -0.487 e. The Bertz CT molecular complexity index is 1280. The normalized spacial score (nSPS) is 20.6. The quantitative estimate of drug-likeness (QED) is 0.187. The Morgan fingerprint density at radius 3 is 1.38 bits per heavy atom. The second-order valence-corrected chi connectivity index (χ2v) is 9.86. The van der Waals surface area contributed by atoms with Crippen molar-refractivity contribution in [1.82, 2.24) is 0 Å². The molecule has 5 rings (SSSR count). The molecular formula is C35H36O5. The molecule has 40 heavy (non-hydrogen) atoms. The Labute approximate surface area is 236 Å². The van der Waals surface area contributed by atoms with Crippen LogP contribution in [0, 0.1) is 0 Å². The van der Waals surface area contributed by atoms with E-state index in [0.717, 1.165) is 22.3 Å². The zero-order valence-electron chi connectivity index (χ0n) is 22.6. The van der Waals surface area contributed by atoms with Gasteiger partial charge in [-0.25, -0.2) is 0 Å². The van der Waals surface area contributed by atoms with Crippen LogP contribution >= 0.6 is 0 Å². The van der Waals surface area contributed by atoms with Gasteiger partial charge in [-0.3, -0.25) is 0 Å². The van der Waals surface area contributed by atoms with Crippen LogP contribution in [0.2, 0.25) is 0 Å². The summed E-state index contributed by atoms with van der Waals surface area (Å²) in [6, 6.07) is 40.4. The summed E-state index contributed by atoms with van der Waals surface area (Å²) in [6.45, 7) is 6.26. The van der Waals surface area contributed by atoms with Crippen LogP contribution in [0.15, 0.2) is 134 Å². The summed E-state index contributed by atoms with van der Waals surface area (Å²) in [6.07, 6.45) is -1.85. The van der Waals surface area contributed by atoms with Gasteiger partial charge in [0.25, 0.3) is 0 Å². The van der Waals surface area contributed by atoms with Gasteiger partial charge in [0.2, 0.25) is 0 Å². The Kier molecular flexibility index (Phi) is 10.1. The Morgan fingerprint density at radius 2 is 0.900 bits per heavy atom. The second-order valence-electron chi connectivity index (χ2n) is 9.86. The van der Waals surface area contributed by atoms with Crippen LogP contribution in [0.3, 0.4) is 0 Å². The monoisotopic (exact) mass is 536 g/mol. The zero-order chi connectivity index (χ0) is 27.4. The minimum atomic E-state index is -0.518. The van der Waals surface area contributed by atoms with Crippen LogP contribution in [-0.2, 0) is 50.1 Å². The van der Waals surface area contributed by atoms with Crippen molar-refractivity contribution in [2.24, 2.45) is 0 Å². The van der Waals surface area contributed by atoms with Gasteiger partial charge in [-0.2, -0.15) is 0 Å². The fourth-order valence-electron chi connectivity index (χ4n) is 4.76. The van der Waals surface area contributed by atoms with Gasteiger partial charge >= 0.3 is 0 Å². The molecule has 0 bridgehead atoms. The molecule has 0 saturated carbocycles. The summed E-state index contributed by atoms with van der Waals surface area (Å²) >= 11 is 0. The average molecular weight is 537 g/mol. The molecule has 0 N–H and O–H groups in total. The van der Waals surface area contributed by atoms with Gasteiger partial charge in [-0.05, 0) is 22.3 Å². The van der Waals surface area contributed by atoms with Gasteiger partial charge in [0.05, 0.1) is 33.0 Å². The Balaban J connectivity index is 1.36. The summed E-state index contributed by atoms with van der Waals surface area (Å²) in [5.41, 5.74) is 4.30. The maximum atomic E-state index is 6.59. The molecular weight excluding hydrogens is 500 g/mol. The van der Waals surface area contributed by atoms with Crippen molar-refractivity contribution in [2.75, 3.05) is 6.61 Å². The molecule has 1 aliphatic rings. The smallest absolute Gasteiger partial charge is 0.150 e. The van der Waals surface area contributed by atoms with E-state index < -0.39 is 24.4 Å². The molecule has 1 aliphatic heterocycles. The Hall–Kier alpha value is -3.74. The van der Waals surface area contributed by atoms with E-state index in [1.807, 2.05) is 121 Å². The first-order valence-corrected chi connectivity index (χ1v) is 13.7. The number of rotatable bonds is 13. The third kappa shape index (κ3) is 7.90. The van der Waals surface area contributed by atoms with Crippen molar-refractivity contribution < 1.29 is 23.7 Å². The number of ether oxygens (including phenoxy) is 5. The summed E-state index contributed by atoms with van der Waals surface area (Å²) < 4.78 is 32.1. The predicted molar refractivity (Wildman–Crippen MR) is 155 cm³/mol. The molecule has 0 aromatic heterocycles. The summed E-state index contributed by atoms with van der Waals surface area (Å²) in [5.74, 6) is 0.516. The van der Waals surface area contributed by atoms with Crippen LogP contribution in [0.4, 0.5) is 0 Å². The van der Waals surface area contributed by atoms with Crippen molar-refractivity contribution in [3.8, 4) is 0 Å². The van der Waals surface area contributed by atoms with Crippen LogP contribution in [0.25, 0.3) is 0 Å². The van der Waals surface area contributed by atoms with E-state index in [2.05, 4.69) is 6.58 Å². The highest BCUT2D eigenvalue weighted by Gasteiger charge is 2.46. The molecule has 0 aliphatic carbocycles. The largest absolute Gasteiger partial charge is 0.487 e. The first-order valence-electron chi connectivity index (χ1n) is 13.7. The highest BCUT2D eigenvalue weighted by molar-refractivity contribution is 5.17. The number of hydrogen-bond acceptors (Lipinski definition) is 5. The second kappa shape index (κ2) is 14.6. The van der Waals surface area contributed by atoms with Crippen LogP contribution < -0.4 is 0 Å². The van der Waals surface area contributed by atoms with E-state index in [1.165, 1.54) is 0 Å². The molecule has 4 aromatic carbocycles. The van der Waals surface area contributed by atoms with E-state index in [-0.39, 0.29) is 0 Å². The van der Waals surface area contributed by atoms with Gasteiger partial charge < -0.3 is 23.7 Å². The lowest BCUT2D eigenvalue weighted by Gasteiger charge is -2.43. The van der Waals surface area contributed by atoms with Gasteiger partial charge in [0, 0.05) is 0 Å². The standard InChI is InChI=1S/C35H36O5/c1-27-33(37-23-29-16-8-3-9-17-29)35(39-25-31-20-12-5-13-21-31)34(38-24-30-18-10-4-11-19-30)32(40-27)26-36-22-28-14-6-2-7-15-28/h2-21,32-35H,1,22-26H2/t32?,33?,34-,35?/m1/s1. The molecule has 0 amide bonds. The molecule has 1 saturated heterocycles. The van der Waals surface area contributed by atoms with Crippen molar-refractivity contribution in [1.29, 1.82) is 0 Å². The van der Waals surface area contributed by atoms with Crippen molar-refractivity contribution >= 4 is 0 Å². The molecule has 5 nitrogen and oxygen atoms in total. The van der Waals surface area contributed by atoms with Crippen LogP contribution in [-0.4, -0.2) is 31.0 Å². The Morgan fingerprint density at radius 1 is 0.500 bits per heavy atom. The zero-order valence-corrected chi connectivity index (χ0v) is 22.6. The van der Waals surface area contributed by atoms with Gasteiger partial charge in [-0.15, -0.1) is 0 Å². The lowest BCUT2D eigenvalue weighted by Crippen LogP contribution is -2.56. The molecule has 0 spiro atoms. The highest BCUT2D eigenvalue weighted by Crippen LogP contribution is 2.32. The molecule has 0 radical (unpaired) electrons. The first kappa shape index (κ1) is 27.8. The number of benzene rings is 4. The lowest BCUT2D eigenvalue weighted by molar-refractivity contribution is -0.223. The molecule has 4 atom stereocenters. The lowest BCUT2D eigenvalue weighted by atomic mass is 9.97. The molecule has 1 fully saturated rings. The maximum absolute atomic E-state index is 6.59. The minimum absolute atomic E-state index is 0.323. The van der Waals surface area contributed by atoms with E-state index in [1.54, 1.807) is 0 Å². The van der Waals surface area contributed by atoms with Crippen molar-refractivity contribution in [2.45, 2.75) is 50.8 Å². The van der Waals surface area contributed by atoms with E-state index >= 15 is 0 Å². The average Bonchev–Trinajstić information content (AvgIpc) is 3.01. The molecule has 1 heterocycles. The first-order chi connectivity index (χ1) is 19.8. The predicted octanol–water partition coefficient (Wildman–Crippen LogP) is 6.87. The molecule has 5 heteroatoms. The third-order valence-electron chi connectivity index (χ3n) is 6.85.